The molecular formula is C13H19NOS. The Bertz CT molecular complexity index is 315. The molecule has 3 rings (SSSR count). The number of hydrogen-bond donors (Lipinski definition) is 1. The van der Waals surface area contributed by atoms with Crippen LogP contribution < -0.4 is 5.32 Å². The van der Waals surface area contributed by atoms with Crippen LogP contribution in [-0.4, -0.2) is 19.3 Å². The molecule has 2 fully saturated rings. The Hall–Kier alpha value is -0.380. The Morgan fingerprint density at radius 2 is 2.06 bits per heavy atom. The SMILES string of the molecule is c1csc(C(NC2CCOCC2)C2CC2)c1. The molecule has 1 N–H and O–H groups in total. The van der Waals surface area contributed by atoms with Crippen molar-refractivity contribution >= 4 is 11.3 Å². The summed E-state index contributed by atoms with van der Waals surface area (Å²) in [4.78, 5) is 1.52. The fourth-order valence-corrected chi connectivity index (χ4v) is 3.35. The molecule has 1 atom stereocenters. The third kappa shape index (κ3) is 2.47. The first kappa shape index (κ1) is 10.8. The minimum absolute atomic E-state index is 0.614. The predicted octanol–water partition coefficient (Wildman–Crippen LogP) is 2.97. The fraction of sp³-hybridized carbons (Fsp3) is 0.692. The minimum atomic E-state index is 0.614. The Morgan fingerprint density at radius 3 is 2.69 bits per heavy atom. The number of ether oxygens (including phenoxy) is 1. The molecule has 88 valence electrons. The van der Waals surface area contributed by atoms with Crippen molar-refractivity contribution in [2.75, 3.05) is 13.2 Å². The number of rotatable bonds is 4. The lowest BCUT2D eigenvalue weighted by Crippen LogP contribution is -2.37. The molecule has 1 aromatic heterocycles. The monoisotopic (exact) mass is 237 g/mol. The quantitative estimate of drug-likeness (QED) is 0.869. The first-order chi connectivity index (χ1) is 7.93. The van der Waals surface area contributed by atoms with E-state index in [0.717, 1.165) is 19.1 Å². The van der Waals surface area contributed by atoms with Crippen molar-refractivity contribution in [3.05, 3.63) is 22.4 Å². The van der Waals surface area contributed by atoms with Crippen molar-refractivity contribution in [1.82, 2.24) is 5.32 Å². The summed E-state index contributed by atoms with van der Waals surface area (Å²) in [5, 5.41) is 6.04. The van der Waals surface area contributed by atoms with Crippen LogP contribution in [-0.2, 0) is 4.74 Å². The highest BCUT2D eigenvalue weighted by Crippen LogP contribution is 2.42. The van der Waals surface area contributed by atoms with Crippen LogP contribution in [0.5, 0.6) is 0 Å². The van der Waals surface area contributed by atoms with Crippen LogP contribution in [0.3, 0.4) is 0 Å². The molecule has 1 saturated carbocycles. The Kier molecular flexibility index (Phi) is 3.27. The maximum Gasteiger partial charge on any atom is 0.0480 e. The van der Waals surface area contributed by atoms with Gasteiger partial charge in [0.2, 0.25) is 0 Å². The van der Waals surface area contributed by atoms with E-state index in [1.807, 2.05) is 11.3 Å². The van der Waals surface area contributed by atoms with Crippen LogP contribution in [0.25, 0.3) is 0 Å². The molecular weight excluding hydrogens is 218 g/mol. The summed E-state index contributed by atoms with van der Waals surface area (Å²) >= 11 is 1.89. The zero-order chi connectivity index (χ0) is 10.8. The highest BCUT2D eigenvalue weighted by Gasteiger charge is 2.34. The molecule has 0 bridgehead atoms. The second-order valence-corrected chi connectivity index (χ2v) is 5.86. The number of hydrogen-bond acceptors (Lipinski definition) is 3. The summed E-state index contributed by atoms with van der Waals surface area (Å²) in [7, 11) is 0. The van der Waals surface area contributed by atoms with E-state index < -0.39 is 0 Å². The van der Waals surface area contributed by atoms with Crippen molar-refractivity contribution in [2.24, 2.45) is 5.92 Å². The molecule has 2 nitrogen and oxygen atoms in total. The molecule has 0 amide bonds. The third-order valence-corrected chi connectivity index (χ3v) is 4.54. The van der Waals surface area contributed by atoms with Crippen molar-refractivity contribution in [3.63, 3.8) is 0 Å². The summed E-state index contributed by atoms with van der Waals surface area (Å²) in [5.41, 5.74) is 0. The summed E-state index contributed by atoms with van der Waals surface area (Å²) in [5.74, 6) is 0.890. The molecule has 1 aliphatic carbocycles. The van der Waals surface area contributed by atoms with E-state index >= 15 is 0 Å². The van der Waals surface area contributed by atoms with Gasteiger partial charge in [0.1, 0.15) is 0 Å². The van der Waals surface area contributed by atoms with Crippen molar-refractivity contribution in [2.45, 2.75) is 37.8 Å². The summed E-state index contributed by atoms with van der Waals surface area (Å²) in [6.07, 6.45) is 5.15. The molecule has 1 saturated heterocycles. The van der Waals surface area contributed by atoms with Gasteiger partial charge in [-0.05, 0) is 43.0 Å². The highest BCUT2D eigenvalue weighted by molar-refractivity contribution is 7.10. The molecule has 0 radical (unpaired) electrons. The van der Waals surface area contributed by atoms with Crippen molar-refractivity contribution < 1.29 is 4.74 Å². The van der Waals surface area contributed by atoms with E-state index in [0.29, 0.717) is 12.1 Å². The Balaban J connectivity index is 1.64. The molecule has 0 aromatic carbocycles. The van der Waals surface area contributed by atoms with Gasteiger partial charge in [0.05, 0.1) is 0 Å². The molecule has 1 aliphatic heterocycles. The van der Waals surface area contributed by atoms with Gasteiger partial charge in [-0.25, -0.2) is 0 Å². The van der Waals surface area contributed by atoms with Crippen molar-refractivity contribution in [1.29, 1.82) is 0 Å². The number of nitrogens with one attached hydrogen (secondary N) is 1. The largest absolute Gasteiger partial charge is 0.381 e. The second-order valence-electron chi connectivity index (χ2n) is 4.88. The summed E-state index contributed by atoms with van der Waals surface area (Å²) in [6.45, 7) is 1.86. The Labute approximate surface area is 101 Å². The van der Waals surface area contributed by atoms with E-state index in [4.69, 9.17) is 4.74 Å². The van der Waals surface area contributed by atoms with Gasteiger partial charge in [-0.3, -0.25) is 0 Å². The normalized spacial score (nSPS) is 24.5. The van der Waals surface area contributed by atoms with Crippen LogP contribution in [0.15, 0.2) is 17.5 Å². The lowest BCUT2D eigenvalue weighted by molar-refractivity contribution is 0.0741. The van der Waals surface area contributed by atoms with Gasteiger partial charge in [-0.1, -0.05) is 6.07 Å². The van der Waals surface area contributed by atoms with Gasteiger partial charge in [0.25, 0.3) is 0 Å². The van der Waals surface area contributed by atoms with Gasteiger partial charge in [0, 0.05) is 30.2 Å². The van der Waals surface area contributed by atoms with E-state index in [9.17, 15) is 0 Å². The minimum Gasteiger partial charge on any atom is -0.381 e. The smallest absolute Gasteiger partial charge is 0.0480 e. The van der Waals surface area contributed by atoms with E-state index in [-0.39, 0.29) is 0 Å². The average molecular weight is 237 g/mol. The van der Waals surface area contributed by atoms with Gasteiger partial charge in [-0.2, -0.15) is 0 Å². The molecule has 2 heterocycles. The van der Waals surface area contributed by atoms with Crippen LogP contribution >= 0.6 is 11.3 Å². The fourth-order valence-electron chi connectivity index (χ4n) is 2.47. The summed E-state index contributed by atoms with van der Waals surface area (Å²) < 4.78 is 5.41. The molecule has 16 heavy (non-hydrogen) atoms. The predicted molar refractivity (Wildman–Crippen MR) is 66.8 cm³/mol. The average Bonchev–Trinajstić information content (AvgIpc) is 3.02. The Morgan fingerprint density at radius 1 is 1.25 bits per heavy atom. The summed E-state index contributed by atoms with van der Waals surface area (Å²) in [6, 6.07) is 5.73. The molecule has 0 spiro atoms. The third-order valence-electron chi connectivity index (χ3n) is 3.58. The van der Waals surface area contributed by atoms with E-state index in [1.54, 1.807) is 0 Å². The maximum absolute atomic E-state index is 5.41. The molecule has 3 heteroatoms. The standard InChI is InChI=1S/C13H19NOS/c1-2-12(16-9-1)13(10-3-4-10)14-11-5-7-15-8-6-11/h1-2,9-11,13-14H,3-8H2. The first-order valence-corrected chi connectivity index (χ1v) is 7.18. The first-order valence-electron chi connectivity index (χ1n) is 6.30. The van der Waals surface area contributed by atoms with Crippen molar-refractivity contribution in [3.8, 4) is 0 Å². The topological polar surface area (TPSA) is 21.3 Å². The molecule has 1 aromatic rings. The van der Waals surface area contributed by atoms with Crippen LogP contribution in [0, 0.1) is 5.92 Å². The van der Waals surface area contributed by atoms with Crippen LogP contribution in [0.4, 0.5) is 0 Å². The second kappa shape index (κ2) is 4.86. The van der Waals surface area contributed by atoms with Crippen LogP contribution in [0.2, 0.25) is 0 Å². The van der Waals surface area contributed by atoms with Gasteiger partial charge in [0.15, 0.2) is 0 Å². The zero-order valence-electron chi connectivity index (χ0n) is 9.52. The lowest BCUT2D eigenvalue weighted by atomic mass is 10.0. The molecule has 2 aliphatic rings. The highest BCUT2D eigenvalue weighted by atomic mass is 32.1. The zero-order valence-corrected chi connectivity index (χ0v) is 10.3. The lowest BCUT2D eigenvalue weighted by Gasteiger charge is -2.28. The van der Waals surface area contributed by atoms with E-state index in [2.05, 4.69) is 22.8 Å². The molecule has 1 unspecified atom stereocenters. The van der Waals surface area contributed by atoms with Crippen LogP contribution in [0.1, 0.15) is 36.6 Å². The number of thiophene rings is 1. The van der Waals surface area contributed by atoms with Gasteiger partial charge in [-0.15, -0.1) is 11.3 Å². The van der Waals surface area contributed by atoms with Gasteiger partial charge < -0.3 is 10.1 Å². The maximum atomic E-state index is 5.41. The van der Waals surface area contributed by atoms with E-state index in [1.165, 1.54) is 30.6 Å². The van der Waals surface area contributed by atoms with Gasteiger partial charge >= 0.3 is 0 Å².